The third kappa shape index (κ3) is 5.36. The molecule has 23 heavy (non-hydrogen) atoms. The molecule has 0 spiro atoms. The molecule has 1 fully saturated rings. The Kier molecular flexibility index (Phi) is 6.59. The smallest absolute Gasteiger partial charge is 0.223 e. The number of carbonyl (C=O) groups is 2. The summed E-state index contributed by atoms with van der Waals surface area (Å²) in [5.74, 6) is 0.778. The first kappa shape index (κ1) is 17.5. The lowest BCUT2D eigenvalue weighted by Gasteiger charge is -2.31. The van der Waals surface area contributed by atoms with E-state index in [0.29, 0.717) is 31.9 Å². The zero-order chi connectivity index (χ0) is 16.7. The van der Waals surface area contributed by atoms with Crippen molar-refractivity contribution in [2.75, 3.05) is 26.3 Å². The lowest BCUT2D eigenvalue weighted by Crippen LogP contribution is -2.44. The van der Waals surface area contributed by atoms with Crippen molar-refractivity contribution in [3.63, 3.8) is 0 Å². The Hall–Kier alpha value is -1.88. The van der Waals surface area contributed by atoms with Crippen LogP contribution in [0, 0.1) is 0 Å². The van der Waals surface area contributed by atoms with Gasteiger partial charge in [-0.1, -0.05) is 6.92 Å². The molecule has 1 unspecified atom stereocenters. The normalized spacial score (nSPS) is 17.8. The predicted octanol–water partition coefficient (Wildman–Crippen LogP) is 2.69. The molecule has 1 atom stereocenters. The molecule has 1 aliphatic heterocycles. The molecule has 1 aromatic rings. The summed E-state index contributed by atoms with van der Waals surface area (Å²) in [5, 5.41) is 0. The number of ether oxygens (including phenoxy) is 2. The highest BCUT2D eigenvalue weighted by Crippen LogP contribution is 2.15. The molecule has 1 saturated heterocycles. The van der Waals surface area contributed by atoms with Crippen molar-refractivity contribution < 1.29 is 19.1 Å². The molecule has 0 aromatic heterocycles. The van der Waals surface area contributed by atoms with Gasteiger partial charge >= 0.3 is 0 Å². The van der Waals surface area contributed by atoms with Crippen LogP contribution in [-0.4, -0.2) is 49.0 Å². The van der Waals surface area contributed by atoms with Gasteiger partial charge in [-0.15, -0.1) is 0 Å². The van der Waals surface area contributed by atoms with E-state index in [4.69, 9.17) is 9.47 Å². The summed E-state index contributed by atoms with van der Waals surface area (Å²) in [7, 11) is 0. The average Bonchev–Trinajstić information content (AvgIpc) is 2.58. The van der Waals surface area contributed by atoms with Gasteiger partial charge in [-0.05, 0) is 37.6 Å². The van der Waals surface area contributed by atoms with Crippen molar-refractivity contribution in [1.82, 2.24) is 4.90 Å². The minimum absolute atomic E-state index is 0.0123. The van der Waals surface area contributed by atoms with Crippen LogP contribution in [0.15, 0.2) is 24.3 Å². The summed E-state index contributed by atoms with van der Waals surface area (Å²) in [6.45, 7) is 6.45. The lowest BCUT2D eigenvalue weighted by molar-refractivity contribution is -0.138. The van der Waals surface area contributed by atoms with Crippen molar-refractivity contribution in [2.24, 2.45) is 0 Å². The highest BCUT2D eigenvalue weighted by Gasteiger charge is 2.21. The Balaban J connectivity index is 1.80. The van der Waals surface area contributed by atoms with Gasteiger partial charge in [0.1, 0.15) is 5.75 Å². The maximum Gasteiger partial charge on any atom is 0.223 e. The van der Waals surface area contributed by atoms with Gasteiger partial charge < -0.3 is 14.4 Å². The molecule has 126 valence electrons. The van der Waals surface area contributed by atoms with Crippen molar-refractivity contribution in [1.29, 1.82) is 0 Å². The van der Waals surface area contributed by atoms with Crippen LogP contribution in [0.5, 0.6) is 5.75 Å². The number of Topliss-reactive ketones (excluding diaryl/α,β-unsaturated/α-hetero) is 1. The topological polar surface area (TPSA) is 55.8 Å². The molecule has 0 bridgehead atoms. The fourth-order valence-corrected chi connectivity index (χ4v) is 2.52. The van der Waals surface area contributed by atoms with Crippen LogP contribution < -0.4 is 4.74 Å². The van der Waals surface area contributed by atoms with Crippen molar-refractivity contribution in [3.05, 3.63) is 29.8 Å². The molecule has 1 amide bonds. The second kappa shape index (κ2) is 8.67. The molecular formula is C18H25NO4. The van der Waals surface area contributed by atoms with Crippen LogP contribution in [-0.2, 0) is 9.53 Å². The molecule has 1 aromatic carbocycles. The standard InChI is InChI=1S/C18H25NO4/c1-3-11-23-16-6-4-15(5-7-16)17(20)8-9-18(21)19-10-12-22-14(2)13-19/h4-7,14H,3,8-13H2,1-2H3. The molecular weight excluding hydrogens is 294 g/mol. The van der Waals surface area contributed by atoms with Gasteiger partial charge in [0.2, 0.25) is 5.91 Å². The van der Waals surface area contributed by atoms with E-state index in [1.807, 2.05) is 13.8 Å². The van der Waals surface area contributed by atoms with Gasteiger partial charge in [-0.2, -0.15) is 0 Å². The van der Waals surface area contributed by atoms with E-state index in [2.05, 4.69) is 0 Å². The summed E-state index contributed by atoms with van der Waals surface area (Å²) >= 11 is 0. The van der Waals surface area contributed by atoms with Crippen molar-refractivity contribution in [2.45, 2.75) is 39.2 Å². The average molecular weight is 319 g/mol. The summed E-state index contributed by atoms with van der Waals surface area (Å²) in [6, 6.07) is 7.12. The monoisotopic (exact) mass is 319 g/mol. The maximum absolute atomic E-state index is 12.2. The van der Waals surface area contributed by atoms with E-state index in [-0.39, 0.29) is 30.6 Å². The number of hydrogen-bond donors (Lipinski definition) is 0. The number of hydrogen-bond acceptors (Lipinski definition) is 4. The van der Waals surface area contributed by atoms with Crippen LogP contribution in [0.1, 0.15) is 43.5 Å². The summed E-state index contributed by atoms with van der Waals surface area (Å²) in [4.78, 5) is 26.1. The van der Waals surface area contributed by atoms with Gasteiger partial charge in [-0.3, -0.25) is 9.59 Å². The molecule has 5 nitrogen and oxygen atoms in total. The molecule has 0 aliphatic carbocycles. The first-order valence-corrected chi connectivity index (χ1v) is 8.25. The number of benzene rings is 1. The van der Waals surface area contributed by atoms with Crippen molar-refractivity contribution >= 4 is 11.7 Å². The largest absolute Gasteiger partial charge is 0.494 e. The fraction of sp³-hybridized carbons (Fsp3) is 0.556. The number of rotatable bonds is 7. The quantitative estimate of drug-likeness (QED) is 0.725. The molecule has 1 aliphatic rings. The lowest BCUT2D eigenvalue weighted by atomic mass is 10.1. The molecule has 0 saturated carbocycles. The summed E-state index contributed by atoms with van der Waals surface area (Å²) < 4.78 is 10.9. The van der Waals surface area contributed by atoms with Crippen LogP contribution in [0.4, 0.5) is 0 Å². The highest BCUT2D eigenvalue weighted by molar-refractivity contribution is 5.98. The van der Waals surface area contributed by atoms with E-state index in [1.165, 1.54) is 0 Å². The number of nitrogens with zero attached hydrogens (tertiary/aromatic N) is 1. The zero-order valence-electron chi connectivity index (χ0n) is 13.9. The van der Waals surface area contributed by atoms with Gasteiger partial charge in [-0.25, -0.2) is 0 Å². The third-order valence-corrected chi connectivity index (χ3v) is 3.81. The van der Waals surface area contributed by atoms with Crippen molar-refractivity contribution in [3.8, 4) is 5.75 Å². The Morgan fingerprint density at radius 1 is 1.26 bits per heavy atom. The number of carbonyl (C=O) groups excluding carboxylic acids is 2. The zero-order valence-corrected chi connectivity index (χ0v) is 13.9. The minimum Gasteiger partial charge on any atom is -0.494 e. The van der Waals surface area contributed by atoms with Crippen LogP contribution >= 0.6 is 0 Å². The van der Waals surface area contributed by atoms with Gasteiger partial charge in [0.15, 0.2) is 5.78 Å². The van der Waals surface area contributed by atoms with E-state index in [1.54, 1.807) is 29.2 Å². The number of ketones is 1. The number of morpholine rings is 1. The predicted molar refractivity (Wildman–Crippen MR) is 87.8 cm³/mol. The van der Waals surface area contributed by atoms with Crippen LogP contribution in [0.25, 0.3) is 0 Å². The molecule has 2 rings (SSSR count). The fourth-order valence-electron chi connectivity index (χ4n) is 2.52. The van der Waals surface area contributed by atoms with Gasteiger partial charge in [0.25, 0.3) is 0 Å². The second-order valence-electron chi connectivity index (χ2n) is 5.82. The molecule has 5 heteroatoms. The highest BCUT2D eigenvalue weighted by atomic mass is 16.5. The van der Waals surface area contributed by atoms with E-state index in [9.17, 15) is 9.59 Å². The van der Waals surface area contributed by atoms with Crippen LogP contribution in [0.2, 0.25) is 0 Å². The summed E-state index contributed by atoms with van der Waals surface area (Å²) in [5.41, 5.74) is 0.622. The molecule has 1 heterocycles. The minimum atomic E-state index is -0.0123. The molecule has 0 radical (unpaired) electrons. The van der Waals surface area contributed by atoms with Gasteiger partial charge in [0.05, 0.1) is 19.3 Å². The SMILES string of the molecule is CCCOc1ccc(C(=O)CCC(=O)N2CCOC(C)C2)cc1. The Morgan fingerprint density at radius 2 is 2.00 bits per heavy atom. The Bertz CT molecular complexity index is 526. The van der Waals surface area contributed by atoms with E-state index >= 15 is 0 Å². The maximum atomic E-state index is 12.2. The number of amides is 1. The first-order chi connectivity index (χ1) is 11.1. The molecule has 0 N–H and O–H groups in total. The second-order valence-corrected chi connectivity index (χ2v) is 5.82. The van der Waals surface area contributed by atoms with E-state index in [0.717, 1.165) is 12.2 Å². The first-order valence-electron chi connectivity index (χ1n) is 8.25. The summed E-state index contributed by atoms with van der Waals surface area (Å²) in [6.07, 6.45) is 1.50. The third-order valence-electron chi connectivity index (χ3n) is 3.81. The van der Waals surface area contributed by atoms with Crippen LogP contribution in [0.3, 0.4) is 0 Å². The Labute approximate surface area is 137 Å². The van der Waals surface area contributed by atoms with Gasteiger partial charge in [0, 0.05) is 31.5 Å². The Morgan fingerprint density at radius 3 is 2.65 bits per heavy atom. The van der Waals surface area contributed by atoms with E-state index < -0.39 is 0 Å².